The third-order valence-corrected chi connectivity index (χ3v) is 3.21. The van der Waals surface area contributed by atoms with Crippen molar-refractivity contribution < 1.29 is 9.26 Å². The van der Waals surface area contributed by atoms with Crippen LogP contribution in [0, 0.1) is 0 Å². The Labute approximate surface area is 125 Å². The van der Waals surface area contributed by atoms with E-state index in [-0.39, 0.29) is 12.1 Å². The summed E-state index contributed by atoms with van der Waals surface area (Å²) in [6.07, 6.45) is 0.131. The van der Waals surface area contributed by atoms with Crippen LogP contribution in [0.25, 0.3) is 11.5 Å². The topological polar surface area (TPSA) is 74.2 Å². The van der Waals surface area contributed by atoms with Crippen molar-refractivity contribution in [3.05, 3.63) is 35.7 Å². The molecule has 0 radical (unpaired) electrons. The number of ether oxygens (including phenoxy) is 1. The number of hydrogen-bond acceptors (Lipinski definition) is 5. The summed E-state index contributed by atoms with van der Waals surface area (Å²) in [5.74, 6) is 1.46. The monoisotopic (exact) mass is 289 g/mol. The maximum absolute atomic E-state index is 5.99. The third-order valence-electron chi connectivity index (χ3n) is 3.21. The smallest absolute Gasteiger partial charge is 0.257 e. The van der Waals surface area contributed by atoms with Crippen LogP contribution in [-0.2, 0) is 4.74 Å². The molecule has 1 unspecified atom stereocenters. The molecule has 21 heavy (non-hydrogen) atoms. The van der Waals surface area contributed by atoms with Crippen molar-refractivity contribution in [1.29, 1.82) is 0 Å². The van der Waals surface area contributed by atoms with Crippen molar-refractivity contribution in [3.63, 3.8) is 0 Å². The Hall–Kier alpha value is -1.72. The molecule has 0 fully saturated rings. The van der Waals surface area contributed by atoms with E-state index in [4.69, 9.17) is 15.0 Å². The fourth-order valence-corrected chi connectivity index (χ4v) is 1.88. The van der Waals surface area contributed by atoms with Gasteiger partial charge in [-0.1, -0.05) is 31.1 Å². The molecule has 114 valence electrons. The highest BCUT2D eigenvalue weighted by Crippen LogP contribution is 2.22. The lowest BCUT2D eigenvalue weighted by atomic mass is 10.0. The van der Waals surface area contributed by atoms with E-state index in [9.17, 15) is 0 Å². The third kappa shape index (κ3) is 4.12. The number of nitrogens with zero attached hydrogens (tertiary/aromatic N) is 2. The molecule has 0 amide bonds. The first kappa shape index (κ1) is 15.7. The molecule has 0 aliphatic heterocycles. The van der Waals surface area contributed by atoms with E-state index < -0.39 is 0 Å². The van der Waals surface area contributed by atoms with Crippen molar-refractivity contribution in [1.82, 2.24) is 10.1 Å². The zero-order valence-electron chi connectivity index (χ0n) is 13.0. The lowest BCUT2D eigenvalue weighted by Crippen LogP contribution is -2.20. The van der Waals surface area contributed by atoms with Crippen LogP contribution < -0.4 is 5.73 Å². The highest BCUT2D eigenvalue weighted by atomic mass is 16.5. The average Bonchev–Trinajstić information content (AvgIpc) is 2.94. The largest absolute Gasteiger partial charge is 0.377 e. The van der Waals surface area contributed by atoms with Crippen molar-refractivity contribution in [2.45, 2.75) is 45.8 Å². The molecule has 0 saturated carbocycles. The molecule has 2 rings (SSSR count). The summed E-state index contributed by atoms with van der Waals surface area (Å²) in [7, 11) is 0. The van der Waals surface area contributed by atoms with Crippen molar-refractivity contribution in [3.8, 4) is 11.5 Å². The standard InChI is InChI=1S/C16H23N3O2/c1-10(2)12-5-7-13(8-6-12)16-18-15(19-21-16)14(17)9-20-11(3)4/h5-8,10-11,14H,9,17H2,1-4H3. The molecule has 0 aliphatic rings. The first-order valence-corrected chi connectivity index (χ1v) is 7.28. The van der Waals surface area contributed by atoms with Gasteiger partial charge in [0.05, 0.1) is 18.8 Å². The van der Waals surface area contributed by atoms with Crippen LogP contribution in [0.2, 0.25) is 0 Å². The Morgan fingerprint density at radius 1 is 1.14 bits per heavy atom. The molecule has 0 saturated heterocycles. The van der Waals surface area contributed by atoms with E-state index in [1.54, 1.807) is 0 Å². The highest BCUT2D eigenvalue weighted by molar-refractivity contribution is 5.53. The quantitative estimate of drug-likeness (QED) is 0.883. The van der Waals surface area contributed by atoms with Crippen LogP contribution in [-0.4, -0.2) is 22.9 Å². The minimum absolute atomic E-state index is 0.131. The Bertz CT molecular complexity index is 561. The zero-order chi connectivity index (χ0) is 15.4. The minimum atomic E-state index is -0.375. The van der Waals surface area contributed by atoms with E-state index in [0.29, 0.717) is 24.2 Å². The summed E-state index contributed by atoms with van der Waals surface area (Å²) in [4.78, 5) is 4.35. The van der Waals surface area contributed by atoms with Gasteiger partial charge in [-0.2, -0.15) is 4.98 Å². The van der Waals surface area contributed by atoms with E-state index in [1.165, 1.54) is 5.56 Å². The molecule has 1 heterocycles. The van der Waals surface area contributed by atoms with Gasteiger partial charge in [-0.3, -0.25) is 0 Å². The van der Waals surface area contributed by atoms with Crippen LogP contribution in [0.3, 0.4) is 0 Å². The number of benzene rings is 1. The fraction of sp³-hybridized carbons (Fsp3) is 0.500. The van der Waals surface area contributed by atoms with Crippen LogP contribution >= 0.6 is 0 Å². The number of rotatable bonds is 6. The van der Waals surface area contributed by atoms with Crippen LogP contribution in [0.4, 0.5) is 0 Å². The van der Waals surface area contributed by atoms with Gasteiger partial charge in [0.1, 0.15) is 0 Å². The molecular formula is C16H23N3O2. The first-order chi connectivity index (χ1) is 9.97. The highest BCUT2D eigenvalue weighted by Gasteiger charge is 2.16. The van der Waals surface area contributed by atoms with Crippen molar-refractivity contribution in [2.24, 2.45) is 5.73 Å². The van der Waals surface area contributed by atoms with Crippen molar-refractivity contribution in [2.75, 3.05) is 6.61 Å². The lowest BCUT2D eigenvalue weighted by Gasteiger charge is -2.10. The van der Waals surface area contributed by atoms with E-state index in [1.807, 2.05) is 26.0 Å². The molecule has 1 aromatic heterocycles. The van der Waals surface area contributed by atoms with Gasteiger partial charge in [-0.15, -0.1) is 0 Å². The maximum Gasteiger partial charge on any atom is 0.257 e. The van der Waals surface area contributed by atoms with Crippen LogP contribution in [0.1, 0.15) is 51.0 Å². The molecule has 2 aromatic rings. The molecule has 0 spiro atoms. The summed E-state index contributed by atoms with van der Waals surface area (Å²) in [5.41, 5.74) is 8.17. The second kappa shape index (κ2) is 6.83. The van der Waals surface area contributed by atoms with Gasteiger partial charge in [0, 0.05) is 5.56 Å². The van der Waals surface area contributed by atoms with E-state index in [0.717, 1.165) is 5.56 Å². The van der Waals surface area contributed by atoms with Gasteiger partial charge in [-0.05, 0) is 37.5 Å². The predicted molar refractivity (Wildman–Crippen MR) is 81.8 cm³/mol. The van der Waals surface area contributed by atoms with Gasteiger partial charge in [-0.25, -0.2) is 0 Å². The van der Waals surface area contributed by atoms with Crippen LogP contribution in [0.15, 0.2) is 28.8 Å². The second-order valence-electron chi connectivity index (χ2n) is 5.72. The number of aromatic nitrogens is 2. The fourth-order valence-electron chi connectivity index (χ4n) is 1.88. The van der Waals surface area contributed by atoms with Crippen molar-refractivity contribution >= 4 is 0 Å². The summed E-state index contributed by atoms with van der Waals surface area (Å²) >= 11 is 0. The maximum atomic E-state index is 5.99. The number of nitrogens with two attached hydrogens (primary N) is 1. The Morgan fingerprint density at radius 3 is 2.38 bits per heavy atom. The van der Waals surface area contributed by atoms with E-state index in [2.05, 4.69) is 36.1 Å². The molecule has 5 nitrogen and oxygen atoms in total. The first-order valence-electron chi connectivity index (χ1n) is 7.28. The Morgan fingerprint density at radius 2 is 1.81 bits per heavy atom. The molecule has 1 aromatic carbocycles. The molecule has 5 heteroatoms. The molecule has 0 aliphatic carbocycles. The predicted octanol–water partition coefficient (Wildman–Crippen LogP) is 3.28. The zero-order valence-corrected chi connectivity index (χ0v) is 13.0. The molecular weight excluding hydrogens is 266 g/mol. The Balaban J connectivity index is 2.08. The number of hydrogen-bond donors (Lipinski definition) is 1. The summed E-state index contributed by atoms with van der Waals surface area (Å²) in [6, 6.07) is 7.75. The average molecular weight is 289 g/mol. The van der Waals surface area contributed by atoms with Crippen LogP contribution in [0.5, 0.6) is 0 Å². The summed E-state index contributed by atoms with van der Waals surface area (Å²) < 4.78 is 10.8. The molecule has 1 atom stereocenters. The van der Waals surface area contributed by atoms with Gasteiger partial charge in [0.25, 0.3) is 5.89 Å². The molecule has 2 N–H and O–H groups in total. The Kier molecular flexibility index (Phi) is 5.09. The summed E-state index contributed by atoms with van der Waals surface area (Å²) in [6.45, 7) is 8.62. The lowest BCUT2D eigenvalue weighted by molar-refractivity contribution is 0.0665. The summed E-state index contributed by atoms with van der Waals surface area (Å²) in [5, 5.41) is 3.94. The van der Waals surface area contributed by atoms with Gasteiger partial charge in [0.15, 0.2) is 5.82 Å². The van der Waals surface area contributed by atoms with E-state index >= 15 is 0 Å². The van der Waals surface area contributed by atoms with Gasteiger partial charge >= 0.3 is 0 Å². The minimum Gasteiger partial charge on any atom is -0.377 e. The van der Waals surface area contributed by atoms with Gasteiger partial charge in [0.2, 0.25) is 0 Å². The normalized spacial score (nSPS) is 13.1. The molecule has 0 bridgehead atoms. The second-order valence-corrected chi connectivity index (χ2v) is 5.72. The SMILES string of the molecule is CC(C)OCC(N)c1noc(-c2ccc(C(C)C)cc2)n1. The van der Waals surface area contributed by atoms with Gasteiger partial charge < -0.3 is 15.0 Å².